The summed E-state index contributed by atoms with van der Waals surface area (Å²) in [6.07, 6.45) is 2.68. The van der Waals surface area contributed by atoms with Crippen LogP contribution >= 0.6 is 0 Å². The van der Waals surface area contributed by atoms with E-state index in [0.717, 1.165) is 11.1 Å². The van der Waals surface area contributed by atoms with Crippen LogP contribution in [0.25, 0.3) is 0 Å². The standard InChI is InChI=1S/C17H20O6.OSi2/c1-9(5-7-13(18)19)4-6-11-15(20)14-12(8-23-17(14)21)10(2)16(11)22-3;2-1-3/h4,20H,5-8H2,1-3H3,(H,18,19);/b9-4+;. The van der Waals surface area contributed by atoms with Crippen molar-refractivity contribution in [3.8, 4) is 11.5 Å². The van der Waals surface area contributed by atoms with Crippen molar-refractivity contribution in [2.45, 2.75) is 39.7 Å². The summed E-state index contributed by atoms with van der Waals surface area (Å²) < 4.78 is 14.3. The van der Waals surface area contributed by atoms with Crippen LogP contribution in [0.1, 0.15) is 46.8 Å². The van der Waals surface area contributed by atoms with Crippen molar-refractivity contribution in [1.29, 1.82) is 0 Å². The van der Waals surface area contributed by atoms with Gasteiger partial charge in [0.2, 0.25) is 21.0 Å². The zero-order valence-electron chi connectivity index (χ0n) is 14.8. The zero-order chi connectivity index (χ0) is 19.9. The predicted molar refractivity (Wildman–Crippen MR) is 95.4 cm³/mol. The lowest BCUT2D eigenvalue weighted by Crippen LogP contribution is -2.03. The minimum Gasteiger partial charge on any atom is -0.507 e. The predicted octanol–water partition coefficient (Wildman–Crippen LogP) is 1.90. The number of carbonyl (C=O) groups excluding carboxylic acids is 1. The molecule has 0 aliphatic carbocycles. The van der Waals surface area contributed by atoms with Gasteiger partial charge in [0, 0.05) is 17.5 Å². The van der Waals surface area contributed by atoms with E-state index >= 15 is 0 Å². The molecule has 2 N–H and O–H groups in total. The molecule has 0 unspecified atom stereocenters. The second kappa shape index (κ2) is 10.1. The smallest absolute Gasteiger partial charge is 0.342 e. The van der Waals surface area contributed by atoms with Crippen molar-refractivity contribution in [2.24, 2.45) is 0 Å². The van der Waals surface area contributed by atoms with Crippen LogP contribution in [0.15, 0.2) is 11.6 Å². The number of fused-ring (bicyclic) bond motifs is 1. The van der Waals surface area contributed by atoms with Crippen molar-refractivity contribution >= 4 is 32.9 Å². The van der Waals surface area contributed by atoms with E-state index in [2.05, 4.69) is 25.1 Å². The minimum atomic E-state index is -0.853. The van der Waals surface area contributed by atoms with E-state index < -0.39 is 11.9 Å². The van der Waals surface area contributed by atoms with Crippen LogP contribution in [0.3, 0.4) is 0 Å². The maximum Gasteiger partial charge on any atom is 0.342 e. The second-order valence-corrected chi connectivity index (χ2v) is 6.48. The fourth-order valence-corrected chi connectivity index (χ4v) is 2.71. The van der Waals surface area contributed by atoms with E-state index in [1.165, 1.54) is 7.11 Å². The summed E-state index contributed by atoms with van der Waals surface area (Å²) in [6.45, 7) is 3.79. The summed E-state index contributed by atoms with van der Waals surface area (Å²) in [4.78, 5) is 22.4. The highest BCUT2D eigenvalue weighted by molar-refractivity contribution is 6.15. The van der Waals surface area contributed by atoms with Gasteiger partial charge in [0.15, 0.2) is 0 Å². The molecule has 26 heavy (non-hydrogen) atoms. The molecule has 2 rings (SSSR count). The molecule has 0 atom stereocenters. The number of rotatable bonds is 6. The number of phenols is 1. The number of cyclic esters (lactones) is 1. The van der Waals surface area contributed by atoms with Gasteiger partial charge in [-0.2, -0.15) is 0 Å². The highest BCUT2D eigenvalue weighted by atomic mass is 28.3. The molecule has 0 fully saturated rings. The van der Waals surface area contributed by atoms with Gasteiger partial charge in [-0.05, 0) is 32.3 Å². The minimum absolute atomic E-state index is 0.0565. The molecule has 1 aliphatic rings. The van der Waals surface area contributed by atoms with E-state index in [0.29, 0.717) is 29.7 Å². The number of phenolic OH excluding ortho intramolecular Hbond substituents is 1. The zero-order valence-corrected chi connectivity index (χ0v) is 16.8. The average molecular weight is 393 g/mol. The Labute approximate surface area is 159 Å². The molecule has 6 radical (unpaired) electrons. The SMILES string of the molecule is COc1c(C)c2c(c(O)c1C/C=C(\C)CCC(=O)O)C(=O)OC2.[Si]O[Si]. The van der Waals surface area contributed by atoms with Gasteiger partial charge in [-0.25, -0.2) is 4.79 Å². The molecule has 0 amide bonds. The van der Waals surface area contributed by atoms with Crippen molar-refractivity contribution in [2.75, 3.05) is 7.11 Å². The third kappa shape index (κ3) is 5.19. The lowest BCUT2D eigenvalue weighted by atomic mass is 9.94. The molecule has 1 aliphatic heterocycles. The van der Waals surface area contributed by atoms with Gasteiger partial charge in [-0.15, -0.1) is 0 Å². The van der Waals surface area contributed by atoms with Crippen LogP contribution in [0.5, 0.6) is 11.5 Å². The van der Waals surface area contributed by atoms with Crippen molar-refractivity contribution in [3.05, 3.63) is 33.9 Å². The fourth-order valence-electron chi connectivity index (χ4n) is 2.71. The monoisotopic (exact) mass is 392 g/mol. The molecule has 1 heterocycles. The number of benzene rings is 1. The van der Waals surface area contributed by atoms with Gasteiger partial charge in [-0.3, -0.25) is 4.79 Å². The highest BCUT2D eigenvalue weighted by Gasteiger charge is 2.31. The Kier molecular flexibility index (Phi) is 8.56. The molecule has 1 aromatic carbocycles. The normalized spacial score (nSPS) is 12.8. The molecule has 138 valence electrons. The van der Waals surface area contributed by atoms with Gasteiger partial charge in [0.25, 0.3) is 0 Å². The lowest BCUT2D eigenvalue weighted by molar-refractivity contribution is -0.136. The van der Waals surface area contributed by atoms with E-state index in [-0.39, 0.29) is 24.3 Å². The number of carbonyl (C=O) groups is 2. The number of allylic oxidation sites excluding steroid dienone is 2. The van der Waals surface area contributed by atoms with Crippen LogP contribution in [-0.2, 0) is 26.7 Å². The molecule has 0 spiro atoms. The number of hydrogen-bond acceptors (Lipinski definition) is 6. The fraction of sp³-hybridized carbons (Fsp3) is 0.412. The summed E-state index contributed by atoms with van der Waals surface area (Å²) in [6, 6.07) is 0. The molecule has 0 saturated carbocycles. The summed E-state index contributed by atoms with van der Waals surface area (Å²) in [5, 5.41) is 19.1. The first-order chi connectivity index (χ1) is 12.3. The number of methoxy groups -OCH3 is 1. The number of esters is 1. The Balaban J connectivity index is 0.00000105. The van der Waals surface area contributed by atoms with Gasteiger partial charge in [0.05, 0.1) is 7.11 Å². The highest BCUT2D eigenvalue weighted by Crippen LogP contribution is 2.41. The summed E-state index contributed by atoms with van der Waals surface area (Å²) >= 11 is 0. The third-order valence-corrected chi connectivity index (χ3v) is 4.04. The molecule has 0 bridgehead atoms. The van der Waals surface area contributed by atoms with Gasteiger partial charge < -0.3 is 23.8 Å². The van der Waals surface area contributed by atoms with E-state index in [1.54, 1.807) is 0 Å². The van der Waals surface area contributed by atoms with Crippen molar-refractivity contribution < 1.29 is 33.4 Å². The maximum absolute atomic E-state index is 11.8. The average Bonchev–Trinajstić information content (AvgIpc) is 2.97. The third-order valence-electron chi connectivity index (χ3n) is 4.04. The Morgan fingerprint density at radius 2 is 1.96 bits per heavy atom. The first-order valence-electron chi connectivity index (χ1n) is 7.73. The molecule has 0 saturated heterocycles. The van der Waals surface area contributed by atoms with Gasteiger partial charge >= 0.3 is 11.9 Å². The van der Waals surface area contributed by atoms with E-state index in [1.807, 2.05) is 19.9 Å². The molecular formula is C17H20O7Si2. The first kappa shape index (κ1) is 21.9. The molecule has 0 aromatic heterocycles. The lowest BCUT2D eigenvalue weighted by Gasteiger charge is -2.15. The number of hydrogen-bond donors (Lipinski definition) is 2. The first-order valence-corrected chi connectivity index (χ1v) is 8.55. The number of carboxylic acids is 1. The Hall–Kier alpha value is -2.11. The quantitative estimate of drug-likeness (QED) is 0.433. The van der Waals surface area contributed by atoms with Crippen LogP contribution < -0.4 is 4.74 Å². The van der Waals surface area contributed by atoms with Crippen LogP contribution in [0.4, 0.5) is 0 Å². The molecule has 7 nitrogen and oxygen atoms in total. The van der Waals surface area contributed by atoms with Gasteiger partial charge in [-0.1, -0.05) is 11.6 Å². The molecule has 9 heteroatoms. The molecule has 1 aromatic rings. The van der Waals surface area contributed by atoms with Crippen molar-refractivity contribution in [1.82, 2.24) is 0 Å². The van der Waals surface area contributed by atoms with E-state index in [4.69, 9.17) is 14.6 Å². The largest absolute Gasteiger partial charge is 0.507 e. The van der Waals surface area contributed by atoms with Crippen LogP contribution in [-0.4, -0.2) is 50.2 Å². The number of ether oxygens (including phenoxy) is 2. The number of aliphatic carboxylic acids is 1. The van der Waals surface area contributed by atoms with E-state index in [9.17, 15) is 14.7 Å². The summed E-state index contributed by atoms with van der Waals surface area (Å²) in [7, 11) is 6.70. The summed E-state index contributed by atoms with van der Waals surface area (Å²) in [5.41, 5.74) is 3.04. The number of aromatic hydroxyl groups is 1. The van der Waals surface area contributed by atoms with Crippen LogP contribution in [0, 0.1) is 6.92 Å². The summed E-state index contributed by atoms with van der Waals surface area (Å²) in [5.74, 6) is -0.973. The molecular weight excluding hydrogens is 372 g/mol. The van der Waals surface area contributed by atoms with Crippen LogP contribution in [0.2, 0.25) is 0 Å². The topological polar surface area (TPSA) is 102 Å². The van der Waals surface area contributed by atoms with Gasteiger partial charge in [0.1, 0.15) is 23.7 Å². The second-order valence-electron chi connectivity index (χ2n) is 5.67. The Bertz CT molecular complexity index is 714. The van der Waals surface area contributed by atoms with Crippen molar-refractivity contribution in [3.63, 3.8) is 0 Å². The Morgan fingerprint density at radius 1 is 1.35 bits per heavy atom. The maximum atomic E-state index is 11.8. The Morgan fingerprint density at radius 3 is 2.50 bits per heavy atom. The number of carboxylic acid groups (broad SMARTS) is 1.